The summed E-state index contributed by atoms with van der Waals surface area (Å²) in [5.74, 6) is 1.30. The first-order valence-electron chi connectivity index (χ1n) is 7.02. The number of aromatic amines is 1. The summed E-state index contributed by atoms with van der Waals surface area (Å²) >= 11 is 5.22. The Kier molecular flexibility index (Phi) is 5.17. The minimum absolute atomic E-state index is 0.436. The van der Waals surface area contributed by atoms with Gasteiger partial charge in [-0.2, -0.15) is 0 Å². The lowest BCUT2D eigenvalue weighted by Crippen LogP contribution is -2.23. The summed E-state index contributed by atoms with van der Waals surface area (Å²) in [6.07, 6.45) is 13.7. The number of thiocarbonyl (C=S) groups is 1. The van der Waals surface area contributed by atoms with Gasteiger partial charge >= 0.3 is 0 Å². The van der Waals surface area contributed by atoms with Gasteiger partial charge in [-0.1, -0.05) is 37.9 Å². The molecule has 100 valence electrons. The Bertz CT molecular complexity index is 355. The average Bonchev–Trinajstić information content (AvgIpc) is 2.99. The van der Waals surface area contributed by atoms with E-state index in [1.54, 1.807) is 6.33 Å². The van der Waals surface area contributed by atoms with Crippen LogP contribution in [0.4, 0.5) is 0 Å². The first kappa shape index (κ1) is 13.5. The summed E-state index contributed by atoms with van der Waals surface area (Å²) in [4.78, 5) is 7.88. The summed E-state index contributed by atoms with van der Waals surface area (Å²) < 4.78 is 0. The van der Waals surface area contributed by atoms with Crippen LogP contribution in [0.1, 0.15) is 50.6 Å². The van der Waals surface area contributed by atoms with Crippen LogP contribution in [0.5, 0.6) is 0 Å². The number of nitrogens with two attached hydrogens (primary N) is 1. The molecule has 1 atom stereocenters. The van der Waals surface area contributed by atoms with E-state index in [9.17, 15) is 0 Å². The van der Waals surface area contributed by atoms with Crippen LogP contribution in [-0.4, -0.2) is 15.0 Å². The van der Waals surface area contributed by atoms with E-state index < -0.39 is 0 Å². The molecular weight excluding hydrogens is 242 g/mol. The van der Waals surface area contributed by atoms with Gasteiger partial charge in [0.2, 0.25) is 0 Å². The Hall–Kier alpha value is -0.900. The molecule has 1 fully saturated rings. The molecule has 0 saturated heterocycles. The van der Waals surface area contributed by atoms with Gasteiger partial charge in [-0.15, -0.1) is 0 Å². The molecule has 0 radical (unpaired) electrons. The molecule has 0 spiro atoms. The number of nitrogens with zero attached hydrogens (tertiary/aromatic N) is 1. The van der Waals surface area contributed by atoms with E-state index in [0.717, 1.165) is 25.2 Å². The van der Waals surface area contributed by atoms with E-state index in [0.29, 0.717) is 10.9 Å². The Balaban J connectivity index is 1.73. The van der Waals surface area contributed by atoms with Gasteiger partial charge in [0, 0.05) is 17.8 Å². The molecule has 1 aromatic rings. The lowest BCUT2D eigenvalue weighted by molar-refractivity contribution is 0.419. The largest absolute Gasteiger partial charge is 0.393 e. The molecule has 1 aliphatic carbocycles. The number of imidazole rings is 1. The highest BCUT2D eigenvalue weighted by Gasteiger charge is 2.21. The van der Waals surface area contributed by atoms with Crippen LogP contribution >= 0.6 is 12.2 Å². The van der Waals surface area contributed by atoms with Crippen LogP contribution in [0.15, 0.2) is 12.5 Å². The molecule has 3 N–H and O–H groups in total. The zero-order valence-corrected chi connectivity index (χ0v) is 11.7. The van der Waals surface area contributed by atoms with Gasteiger partial charge in [0.25, 0.3) is 0 Å². The Morgan fingerprint density at radius 1 is 1.50 bits per heavy atom. The zero-order chi connectivity index (χ0) is 12.8. The summed E-state index contributed by atoms with van der Waals surface area (Å²) in [5, 5.41) is 0. The number of aromatic nitrogens is 2. The number of hydrogen-bond donors (Lipinski definition) is 2. The average molecular weight is 265 g/mol. The van der Waals surface area contributed by atoms with Gasteiger partial charge in [-0.05, 0) is 31.6 Å². The van der Waals surface area contributed by atoms with Crippen LogP contribution in [0.25, 0.3) is 0 Å². The fourth-order valence-electron chi connectivity index (χ4n) is 2.99. The summed E-state index contributed by atoms with van der Waals surface area (Å²) in [7, 11) is 0. The molecule has 3 nitrogen and oxygen atoms in total. The molecule has 18 heavy (non-hydrogen) atoms. The highest BCUT2D eigenvalue weighted by atomic mass is 32.1. The van der Waals surface area contributed by atoms with Crippen molar-refractivity contribution in [2.45, 2.75) is 51.4 Å². The summed E-state index contributed by atoms with van der Waals surface area (Å²) in [6, 6.07) is 0. The van der Waals surface area contributed by atoms with E-state index in [1.807, 2.05) is 6.20 Å². The molecule has 0 amide bonds. The molecule has 1 aliphatic rings. The van der Waals surface area contributed by atoms with Crippen LogP contribution < -0.4 is 5.73 Å². The minimum Gasteiger partial charge on any atom is -0.393 e. The molecular formula is C14H23N3S. The van der Waals surface area contributed by atoms with E-state index in [-0.39, 0.29) is 0 Å². The zero-order valence-electron chi connectivity index (χ0n) is 10.9. The first-order valence-corrected chi connectivity index (χ1v) is 7.43. The van der Waals surface area contributed by atoms with Crippen LogP contribution in [0.3, 0.4) is 0 Å². The molecule has 1 heterocycles. The van der Waals surface area contributed by atoms with Gasteiger partial charge in [-0.25, -0.2) is 4.98 Å². The second-order valence-corrected chi connectivity index (χ2v) is 5.93. The van der Waals surface area contributed by atoms with Crippen molar-refractivity contribution in [1.82, 2.24) is 9.97 Å². The molecule has 2 rings (SSSR count). The van der Waals surface area contributed by atoms with Crippen molar-refractivity contribution in [1.29, 1.82) is 0 Å². The summed E-state index contributed by atoms with van der Waals surface area (Å²) in [6.45, 7) is 0. The molecule has 0 bridgehead atoms. The van der Waals surface area contributed by atoms with E-state index in [4.69, 9.17) is 18.0 Å². The lowest BCUT2D eigenvalue weighted by Gasteiger charge is -2.19. The Labute approximate surface area is 115 Å². The van der Waals surface area contributed by atoms with Crippen molar-refractivity contribution < 1.29 is 0 Å². The third-order valence-electron chi connectivity index (χ3n) is 4.05. The molecule has 4 heteroatoms. The molecule has 1 aromatic heterocycles. The maximum atomic E-state index is 5.89. The molecule has 0 aliphatic heterocycles. The molecule has 0 aromatic carbocycles. The number of hydrogen-bond acceptors (Lipinski definition) is 2. The third-order valence-corrected chi connectivity index (χ3v) is 4.38. The maximum absolute atomic E-state index is 5.89. The fourth-order valence-corrected chi connectivity index (χ4v) is 3.20. The van der Waals surface area contributed by atoms with Crippen LogP contribution in [-0.2, 0) is 6.42 Å². The van der Waals surface area contributed by atoms with Gasteiger partial charge in [0.05, 0.1) is 11.3 Å². The van der Waals surface area contributed by atoms with E-state index >= 15 is 0 Å². The monoisotopic (exact) mass is 265 g/mol. The van der Waals surface area contributed by atoms with Crippen molar-refractivity contribution in [3.05, 3.63) is 18.2 Å². The van der Waals surface area contributed by atoms with E-state index in [2.05, 4.69) is 9.97 Å². The predicted molar refractivity (Wildman–Crippen MR) is 78.4 cm³/mol. The smallest absolute Gasteiger partial charge is 0.0921 e. The molecule has 1 unspecified atom stereocenters. The topological polar surface area (TPSA) is 54.7 Å². The van der Waals surface area contributed by atoms with Crippen molar-refractivity contribution in [3.63, 3.8) is 0 Å². The first-order chi connectivity index (χ1) is 8.75. The highest BCUT2D eigenvalue weighted by molar-refractivity contribution is 7.80. The van der Waals surface area contributed by atoms with E-state index in [1.165, 1.54) is 37.8 Å². The minimum atomic E-state index is 0.436. The second-order valence-electron chi connectivity index (χ2n) is 5.45. The number of aryl methyl sites for hydroxylation is 1. The fraction of sp³-hybridized carbons (Fsp3) is 0.714. The highest BCUT2D eigenvalue weighted by Crippen LogP contribution is 2.32. The quantitative estimate of drug-likeness (QED) is 0.744. The summed E-state index contributed by atoms with van der Waals surface area (Å²) in [5.41, 5.74) is 7.09. The molecule has 1 saturated carbocycles. The SMILES string of the molecule is NC(=S)C(CCCc1cnc[nH]1)CC1CCCC1. The number of H-pyrrole nitrogens is 1. The van der Waals surface area contributed by atoms with Gasteiger partial charge in [0.15, 0.2) is 0 Å². The van der Waals surface area contributed by atoms with Crippen molar-refractivity contribution >= 4 is 17.2 Å². The van der Waals surface area contributed by atoms with Gasteiger partial charge in [-0.3, -0.25) is 0 Å². The van der Waals surface area contributed by atoms with Gasteiger partial charge in [0.1, 0.15) is 0 Å². The normalized spacial score (nSPS) is 18.0. The van der Waals surface area contributed by atoms with Crippen molar-refractivity contribution in [3.8, 4) is 0 Å². The number of nitrogens with one attached hydrogen (secondary N) is 1. The predicted octanol–water partition coefficient (Wildman–Crippen LogP) is 3.22. The standard InChI is InChI=1S/C14H23N3S/c15-14(18)12(8-11-4-1-2-5-11)6-3-7-13-9-16-10-17-13/h9-12H,1-8H2,(H2,15,18)(H,16,17). The van der Waals surface area contributed by atoms with Crippen LogP contribution in [0.2, 0.25) is 0 Å². The van der Waals surface area contributed by atoms with Crippen molar-refractivity contribution in [2.75, 3.05) is 0 Å². The maximum Gasteiger partial charge on any atom is 0.0921 e. The van der Waals surface area contributed by atoms with Crippen molar-refractivity contribution in [2.24, 2.45) is 17.6 Å². The third kappa shape index (κ3) is 4.09. The second kappa shape index (κ2) is 6.88. The Morgan fingerprint density at radius 2 is 2.28 bits per heavy atom. The Morgan fingerprint density at radius 3 is 2.89 bits per heavy atom. The van der Waals surface area contributed by atoms with Gasteiger partial charge < -0.3 is 10.7 Å². The van der Waals surface area contributed by atoms with Crippen LogP contribution in [0, 0.1) is 11.8 Å². The lowest BCUT2D eigenvalue weighted by atomic mass is 9.89. The number of rotatable bonds is 7.